The van der Waals surface area contributed by atoms with Crippen LogP contribution in [0.4, 0.5) is 0 Å². The highest BCUT2D eigenvalue weighted by atomic mass is 32.1. The van der Waals surface area contributed by atoms with Crippen molar-refractivity contribution < 1.29 is 5.11 Å². The van der Waals surface area contributed by atoms with Crippen molar-refractivity contribution >= 4 is 23.3 Å². The molecule has 0 aliphatic carbocycles. The lowest BCUT2D eigenvalue weighted by atomic mass is 9.90. The van der Waals surface area contributed by atoms with E-state index in [1.807, 2.05) is 18.2 Å². The molecule has 0 saturated carbocycles. The van der Waals surface area contributed by atoms with Gasteiger partial charge < -0.3 is 5.11 Å². The average molecular weight is 289 g/mol. The number of phenols is 1. The van der Waals surface area contributed by atoms with E-state index >= 15 is 0 Å². The largest absolute Gasteiger partial charge is 0.507 e. The molecule has 0 aromatic heterocycles. The van der Waals surface area contributed by atoms with Crippen molar-refractivity contribution in [3.8, 4) is 5.75 Å². The van der Waals surface area contributed by atoms with Crippen LogP contribution < -0.4 is 0 Å². The first-order valence-electron chi connectivity index (χ1n) is 6.77. The number of phenolic OH excluding ortho intramolecular Hbond substituents is 1. The summed E-state index contributed by atoms with van der Waals surface area (Å²) in [6.07, 6.45) is 4.99. The summed E-state index contributed by atoms with van der Waals surface area (Å²) in [5, 5.41) is 10.1. The van der Waals surface area contributed by atoms with Gasteiger partial charge in [-0.15, -0.1) is 6.58 Å². The van der Waals surface area contributed by atoms with Gasteiger partial charge in [-0.05, 0) is 29.9 Å². The molecule has 1 aromatic carbocycles. The van der Waals surface area contributed by atoms with Gasteiger partial charge in [-0.2, -0.15) is 0 Å². The fourth-order valence-electron chi connectivity index (χ4n) is 1.93. The summed E-state index contributed by atoms with van der Waals surface area (Å²) in [4.78, 5) is 5.28. The van der Waals surface area contributed by atoms with Crippen LogP contribution in [0.2, 0.25) is 0 Å². The SMILES string of the molecule is C=CCc1cccc(C=NCC(=S)CC(C)(C)C)c1O. The summed E-state index contributed by atoms with van der Waals surface area (Å²) in [7, 11) is 0. The highest BCUT2D eigenvalue weighted by Gasteiger charge is 2.12. The zero-order valence-corrected chi connectivity index (χ0v) is 13.3. The van der Waals surface area contributed by atoms with Crippen molar-refractivity contribution in [2.75, 3.05) is 6.54 Å². The first kappa shape index (κ1) is 16.6. The molecule has 0 aliphatic heterocycles. The molecular formula is C17H23NOS. The number of hydrogen-bond acceptors (Lipinski definition) is 3. The van der Waals surface area contributed by atoms with Crippen LogP contribution in [0.1, 0.15) is 38.3 Å². The predicted octanol–water partition coefficient (Wildman–Crippen LogP) is 4.35. The summed E-state index contributed by atoms with van der Waals surface area (Å²) in [6.45, 7) is 10.7. The lowest BCUT2D eigenvalue weighted by Crippen LogP contribution is -2.13. The number of rotatable bonds is 6. The lowest BCUT2D eigenvalue weighted by molar-refractivity contribution is 0.435. The Morgan fingerprint density at radius 2 is 2.10 bits per heavy atom. The lowest BCUT2D eigenvalue weighted by Gasteiger charge is -2.17. The van der Waals surface area contributed by atoms with E-state index in [2.05, 4.69) is 32.3 Å². The van der Waals surface area contributed by atoms with Gasteiger partial charge in [0, 0.05) is 16.6 Å². The van der Waals surface area contributed by atoms with E-state index in [-0.39, 0.29) is 11.2 Å². The molecule has 108 valence electrons. The number of para-hydroxylation sites is 1. The Morgan fingerprint density at radius 3 is 2.70 bits per heavy atom. The van der Waals surface area contributed by atoms with E-state index < -0.39 is 0 Å². The van der Waals surface area contributed by atoms with Crippen LogP contribution in [-0.4, -0.2) is 22.7 Å². The Labute approximate surface area is 127 Å². The van der Waals surface area contributed by atoms with Crippen molar-refractivity contribution in [1.29, 1.82) is 0 Å². The summed E-state index contributed by atoms with van der Waals surface area (Å²) >= 11 is 5.33. The number of allylic oxidation sites excluding steroid dienone is 1. The van der Waals surface area contributed by atoms with Gasteiger partial charge in [0.05, 0.1) is 6.54 Å². The quantitative estimate of drug-likeness (QED) is 0.480. The second kappa shape index (κ2) is 7.34. The van der Waals surface area contributed by atoms with Crippen LogP contribution >= 0.6 is 12.2 Å². The summed E-state index contributed by atoms with van der Waals surface area (Å²) < 4.78 is 0. The predicted molar refractivity (Wildman–Crippen MR) is 91.1 cm³/mol. The van der Waals surface area contributed by atoms with Gasteiger partial charge in [0.25, 0.3) is 0 Å². The highest BCUT2D eigenvalue weighted by Crippen LogP contribution is 2.22. The molecule has 20 heavy (non-hydrogen) atoms. The molecule has 0 atom stereocenters. The summed E-state index contributed by atoms with van der Waals surface area (Å²) in [6, 6.07) is 5.64. The van der Waals surface area contributed by atoms with E-state index in [4.69, 9.17) is 12.2 Å². The number of aromatic hydroxyl groups is 1. The highest BCUT2D eigenvalue weighted by molar-refractivity contribution is 7.80. The minimum atomic E-state index is 0.193. The van der Waals surface area contributed by atoms with Gasteiger partial charge in [0.15, 0.2) is 0 Å². The van der Waals surface area contributed by atoms with Crippen molar-refractivity contribution in [2.24, 2.45) is 10.4 Å². The zero-order chi connectivity index (χ0) is 15.2. The van der Waals surface area contributed by atoms with Gasteiger partial charge in [0.1, 0.15) is 5.75 Å². The molecule has 0 fully saturated rings. The molecule has 0 saturated heterocycles. The fourth-order valence-corrected chi connectivity index (χ4v) is 2.44. The maximum atomic E-state index is 10.1. The number of benzene rings is 1. The normalized spacial score (nSPS) is 11.8. The first-order valence-corrected chi connectivity index (χ1v) is 7.17. The maximum Gasteiger partial charge on any atom is 0.127 e. The average Bonchev–Trinajstić information content (AvgIpc) is 2.32. The van der Waals surface area contributed by atoms with Crippen molar-refractivity contribution in [2.45, 2.75) is 33.6 Å². The molecule has 0 spiro atoms. The maximum absolute atomic E-state index is 10.1. The third-order valence-corrected chi connectivity index (χ3v) is 3.01. The monoisotopic (exact) mass is 289 g/mol. The minimum Gasteiger partial charge on any atom is -0.507 e. The van der Waals surface area contributed by atoms with Crippen LogP contribution in [-0.2, 0) is 6.42 Å². The van der Waals surface area contributed by atoms with Crippen molar-refractivity contribution in [3.05, 3.63) is 42.0 Å². The van der Waals surface area contributed by atoms with Crippen molar-refractivity contribution in [1.82, 2.24) is 0 Å². The van der Waals surface area contributed by atoms with Crippen LogP contribution in [0, 0.1) is 5.41 Å². The van der Waals surface area contributed by atoms with Crippen LogP contribution in [0.25, 0.3) is 0 Å². The summed E-state index contributed by atoms with van der Waals surface area (Å²) in [5.41, 5.74) is 1.78. The summed E-state index contributed by atoms with van der Waals surface area (Å²) in [5.74, 6) is 0.276. The van der Waals surface area contributed by atoms with E-state index in [1.54, 1.807) is 12.3 Å². The molecule has 0 unspecified atom stereocenters. The van der Waals surface area contributed by atoms with Crippen LogP contribution in [0.15, 0.2) is 35.8 Å². The van der Waals surface area contributed by atoms with E-state index in [9.17, 15) is 5.11 Å². The van der Waals surface area contributed by atoms with Crippen LogP contribution in [0.3, 0.4) is 0 Å². The number of hydrogen-bond donors (Lipinski definition) is 1. The minimum absolute atomic E-state index is 0.193. The molecule has 0 amide bonds. The Morgan fingerprint density at radius 1 is 1.40 bits per heavy atom. The number of aliphatic imine (C=N–C) groups is 1. The van der Waals surface area contributed by atoms with Gasteiger partial charge in [-0.25, -0.2) is 0 Å². The molecule has 0 aliphatic rings. The Hall–Kier alpha value is -1.48. The van der Waals surface area contributed by atoms with Crippen molar-refractivity contribution in [3.63, 3.8) is 0 Å². The molecule has 1 rings (SSSR count). The molecule has 0 radical (unpaired) electrons. The fraction of sp³-hybridized carbons (Fsp3) is 0.412. The third kappa shape index (κ3) is 5.66. The Bertz CT molecular complexity index is 512. The van der Waals surface area contributed by atoms with E-state index in [1.165, 1.54) is 0 Å². The standard InChI is InChI=1S/C17H23NOS/c1-5-7-13-8-6-9-14(16(13)19)11-18-12-15(20)10-17(2,3)4/h5-6,8-9,11,19H,1,7,10,12H2,2-4H3. The second-order valence-electron chi connectivity index (χ2n) is 6.09. The smallest absolute Gasteiger partial charge is 0.127 e. The molecular weight excluding hydrogens is 266 g/mol. The molecule has 3 heteroatoms. The molecule has 0 heterocycles. The molecule has 0 bridgehead atoms. The zero-order valence-electron chi connectivity index (χ0n) is 12.5. The van der Waals surface area contributed by atoms with Gasteiger partial charge in [-0.3, -0.25) is 4.99 Å². The van der Waals surface area contributed by atoms with Crippen LogP contribution in [0.5, 0.6) is 5.75 Å². The topological polar surface area (TPSA) is 32.6 Å². The van der Waals surface area contributed by atoms with Gasteiger partial charge >= 0.3 is 0 Å². The number of thiocarbonyl (C=S) groups is 1. The molecule has 1 aromatic rings. The Kier molecular flexibility index (Phi) is 6.08. The molecule has 1 N–H and O–H groups in total. The number of nitrogens with zero attached hydrogens (tertiary/aromatic N) is 1. The van der Waals surface area contributed by atoms with E-state index in [0.717, 1.165) is 22.4 Å². The Balaban J connectivity index is 2.69. The first-order chi connectivity index (χ1) is 9.33. The molecule has 2 nitrogen and oxygen atoms in total. The van der Waals surface area contributed by atoms with Gasteiger partial charge in [0.2, 0.25) is 0 Å². The van der Waals surface area contributed by atoms with E-state index in [0.29, 0.717) is 13.0 Å². The second-order valence-corrected chi connectivity index (χ2v) is 6.67. The van der Waals surface area contributed by atoms with Gasteiger partial charge in [-0.1, -0.05) is 51.2 Å². The third-order valence-electron chi connectivity index (χ3n) is 2.74.